The Morgan fingerprint density at radius 3 is 1.26 bits per heavy atom. The topological polar surface area (TPSA) is 365 Å². The van der Waals surface area contributed by atoms with Gasteiger partial charge < -0.3 is 49.9 Å². The molecule has 7 aromatic carbocycles. The molecule has 0 bridgehead atoms. The van der Waals surface area contributed by atoms with E-state index in [1.807, 2.05) is 55.5 Å². The number of aldehydes is 1. The Kier molecular flexibility index (Phi) is 54.1. The molecule has 6 saturated carbocycles. The molecular weight excluding hydrogens is 2150 g/mol. The van der Waals surface area contributed by atoms with Crippen LogP contribution in [0.1, 0.15) is 238 Å². The Morgan fingerprint density at radius 1 is 0.571 bits per heavy atom. The van der Waals surface area contributed by atoms with Crippen molar-refractivity contribution in [3.05, 3.63) is 280 Å². The third kappa shape index (κ3) is 41.8. The van der Waals surface area contributed by atoms with Gasteiger partial charge in [-0.1, -0.05) is 129 Å². The molecule has 6 aliphatic rings. The average Bonchev–Trinajstić information content (AvgIpc) is 1.66. The molecule has 20 rings (SSSR count). The molecule has 3 N–H and O–H groups in total. The number of aliphatic hydroxyl groups is 1. The number of thiol groups is 1. The van der Waals surface area contributed by atoms with Crippen LogP contribution >= 0.6 is 145 Å². The zero-order chi connectivity index (χ0) is 101. The van der Waals surface area contributed by atoms with Crippen LogP contribution in [0, 0.1) is 18.2 Å². The minimum absolute atomic E-state index is 0. The first-order chi connectivity index (χ1) is 67.0. The van der Waals surface area contributed by atoms with Gasteiger partial charge in [0.25, 0.3) is 0 Å². The number of esters is 5. The normalized spacial score (nSPS) is 13.1. The predicted octanol–water partition coefficient (Wildman–Crippen LogP) is 26.6. The Hall–Kier alpha value is -8.23. The number of thiophene rings is 6. The van der Waals surface area contributed by atoms with Crippen molar-refractivity contribution in [3.8, 4) is 12.3 Å². The van der Waals surface area contributed by atoms with Crippen LogP contribution in [0.4, 0.5) is 8.78 Å². The molecule has 24 nitrogen and oxygen atoms in total. The van der Waals surface area contributed by atoms with Crippen LogP contribution in [0.2, 0.25) is 5.82 Å². The van der Waals surface area contributed by atoms with Gasteiger partial charge in [-0.2, -0.15) is 12.6 Å². The number of terminal acetylenes is 1. The number of rotatable bonds is 22. The predicted molar refractivity (Wildman–Crippen MR) is 576 cm³/mol. The van der Waals surface area contributed by atoms with E-state index < -0.39 is 41.3 Å². The van der Waals surface area contributed by atoms with Crippen LogP contribution in [0.5, 0.6) is 0 Å². The first kappa shape index (κ1) is 119. The standard InChI is InChI=1S/C17H17N3O2S.C14H14O2S.C12H11ClS.C12H11N3S.C12H12OS.C11H9BrO2S.C7H4BrFO.C5H6O2.C4H8O2S.C3H7BO2.CH3F.CH4.Cl2OS.N3.Na/c1-2-22-17(21)15-10-20(19-18-15)9-14-7-13-6-5-12(11-3-4-11)8-16(13)23-14;1-2-16-14(15)13-8-11-6-5-10(9-3-4-9)7-12(11)17-13;13-7-11-5-10-4-3-9(8-1-2-8)6-12(10)14-11;13-15-14-7-11-5-10-4-3-9(8-1-2-8)6-12(10)16-11;13-7-11-5-10-4-3-9(8-1-2-8)6-12(10)14-11;1-2-14-11(13)10-5-7-3-4-8(12)6-9(7)15-10;8-6-2-1-5(4-10)7(9)3-6;1-3-5(6)7-4-2;1-2-6-4(5)3-7;5-4(6)3-1-2-3;1-2;;1-4(2)3;1-3-2;/h5-8,10-11H,2-4,9H2,1H3;5-9H,2-4H2,1H3;3-6,8H,1-2,7H2;3-6,8H,1-2,7H2;3-6,8,13H,1-2,7H2;3-6H,2H2,1H3;1-4H;1H,4H2,2H3;7H,2-3H2,1H3;3,5-6H,1-2H2;1H3;1H4;;;/q;;;;;;;;;;;;;-1;+1/i;;;;;;;;;;1D;;;;. The number of benzene rings is 7. The summed E-state index contributed by atoms with van der Waals surface area (Å²) < 4.78 is 71.8. The zero-order valence-electron chi connectivity index (χ0n) is 77.8. The monoisotopic (exact) mass is 2250 g/mol. The quantitative estimate of drug-likeness (QED) is 0.00398. The van der Waals surface area contributed by atoms with Crippen LogP contribution < -0.4 is 29.6 Å². The van der Waals surface area contributed by atoms with Gasteiger partial charge in [-0.05, 0) is 297 Å². The number of carbonyl (C=O) groups excluding carboxylic acids is 6. The van der Waals surface area contributed by atoms with Crippen molar-refractivity contribution in [1.82, 2.24) is 15.0 Å². The summed E-state index contributed by atoms with van der Waals surface area (Å²) >= 11 is 26.0. The van der Waals surface area contributed by atoms with Gasteiger partial charge in [0.05, 0.1) is 84.6 Å². The first-order valence-corrected chi connectivity index (χ1v) is 54.1. The second kappa shape index (κ2) is 63.8. The number of ether oxygens (including phenoxy) is 5. The third-order valence-electron chi connectivity index (χ3n) is 20.5. The van der Waals surface area contributed by atoms with E-state index in [-0.39, 0.29) is 84.3 Å². The minimum atomic E-state index is -1.67. The molecule has 14 aromatic rings. The van der Waals surface area contributed by atoms with Gasteiger partial charge in [0.15, 0.2) is 12.0 Å². The fourth-order valence-corrected chi connectivity index (χ4v) is 20.3. The summed E-state index contributed by atoms with van der Waals surface area (Å²) in [5.41, 5.74) is 29.5. The average molecular weight is 2260 g/mol. The Balaban J connectivity index is 0.000000241. The second-order valence-electron chi connectivity index (χ2n) is 30.9. The molecule has 738 valence electrons. The number of alkyl halides is 2. The number of nitrogens with zero attached hydrogens (tertiary/aromatic N) is 9. The van der Waals surface area contributed by atoms with Gasteiger partial charge in [-0.25, -0.2) is 32.5 Å². The maximum atomic E-state index is 12.6. The van der Waals surface area contributed by atoms with Crippen LogP contribution in [0.3, 0.4) is 0 Å². The van der Waals surface area contributed by atoms with Crippen LogP contribution in [0.15, 0.2) is 184 Å². The third-order valence-corrected chi connectivity index (χ3v) is 28.7. The van der Waals surface area contributed by atoms with E-state index in [0.717, 1.165) is 72.1 Å². The zero-order valence-corrected chi connectivity index (χ0v) is 90.9. The summed E-state index contributed by atoms with van der Waals surface area (Å²) in [4.78, 5) is 75.2. The van der Waals surface area contributed by atoms with E-state index >= 15 is 0 Å². The van der Waals surface area contributed by atoms with Crippen molar-refractivity contribution < 1.29 is 112 Å². The van der Waals surface area contributed by atoms with Crippen LogP contribution in [0.25, 0.3) is 86.9 Å². The summed E-state index contributed by atoms with van der Waals surface area (Å²) in [6.07, 6.45) is 22.1. The Labute approximate surface area is 898 Å². The number of aromatic nitrogens is 3. The van der Waals surface area contributed by atoms with E-state index in [4.69, 9.17) is 63.1 Å². The molecule has 7 heterocycles. The van der Waals surface area contributed by atoms with E-state index in [9.17, 15) is 37.5 Å². The van der Waals surface area contributed by atoms with Crippen LogP contribution in [-0.2, 0) is 68.1 Å². The molecule has 6 fully saturated rings. The minimum Gasteiger partial charge on any atom is -0.465 e. The molecule has 0 radical (unpaired) electrons. The molecule has 140 heavy (non-hydrogen) atoms. The largest absolute Gasteiger partial charge is 1.00 e. The van der Waals surface area contributed by atoms with Gasteiger partial charge >= 0.3 is 66.5 Å². The van der Waals surface area contributed by atoms with Gasteiger partial charge in [-0.15, -0.1) is 91.1 Å². The molecule has 0 saturated heterocycles. The summed E-state index contributed by atoms with van der Waals surface area (Å²) in [6, 6.07) is 56.1. The molecule has 6 aliphatic carbocycles. The maximum Gasteiger partial charge on any atom is 1.00 e. The number of azide groups is 1. The number of fused-ring (bicyclic) bond motifs is 6. The van der Waals surface area contributed by atoms with Gasteiger partial charge in [0.1, 0.15) is 15.6 Å². The number of hydrogen-bond donors (Lipinski definition) is 4. The summed E-state index contributed by atoms with van der Waals surface area (Å²) in [5.74, 6) is 4.60. The molecule has 0 unspecified atom stereocenters. The van der Waals surface area contributed by atoms with Crippen LogP contribution in [-0.4, -0.2) is 124 Å². The molecule has 0 amide bonds. The van der Waals surface area contributed by atoms with Crippen molar-refractivity contribution in [2.24, 2.45) is 5.11 Å². The first-order valence-electron chi connectivity index (χ1n) is 44.4. The molecular formula is C99H106BBr2Cl3F2N9NaO15S8. The number of hydrogen-bond acceptors (Lipinski definition) is 25. The fourth-order valence-electron chi connectivity index (χ4n) is 13.0. The second-order valence-corrected chi connectivity index (χ2v) is 42.7. The van der Waals surface area contributed by atoms with Crippen molar-refractivity contribution in [2.45, 2.75) is 180 Å². The molecule has 0 spiro atoms. The van der Waals surface area contributed by atoms with Gasteiger partial charge in [-0.3, -0.25) is 18.9 Å². The number of carbonyl (C=O) groups is 6. The van der Waals surface area contributed by atoms with E-state index in [2.05, 4.69) is 217 Å². The number of halogens is 7. The Morgan fingerprint density at radius 2 is 0.921 bits per heavy atom. The smallest absolute Gasteiger partial charge is 0.465 e. The van der Waals surface area contributed by atoms with Crippen molar-refractivity contribution in [2.75, 3.05) is 45.9 Å². The summed E-state index contributed by atoms with van der Waals surface area (Å²) in [5, 5.41) is 44.4. The van der Waals surface area contributed by atoms with Crippen molar-refractivity contribution in [3.63, 3.8) is 0 Å². The molecule has 41 heteroatoms. The summed E-state index contributed by atoms with van der Waals surface area (Å²) in [7, 11) is 5.32. The molecule has 0 atom stereocenters. The van der Waals surface area contributed by atoms with Gasteiger partial charge in [0, 0.05) is 88.9 Å². The maximum absolute atomic E-state index is 12.6. The fraction of sp³-hybridized carbons (Fsp3) is 0.354. The Bertz CT molecular complexity index is 6460. The SMILES string of the molecule is C.C#CC(=O)OCC.CCOC(=O)CS.CCOC(=O)c1cc2ccc(Br)cc2s1.CCOC(=O)c1cc2ccc(C3CC3)cc2s1.CCOC(=O)c1cn(Cc2cc3ccc(C4CC4)cc3s2)nn1.ClCc1cc2ccc(C3CC3)cc2s1.O=Cc1ccc(Br)cc1F.O=S(Cl)Cl.OB(O)C1CC1.OCc1cc2ccc(C3CC3)cc2s1.[2H]CF.[N-]=[N+]=NCc1cc2ccc(C3CC3)cc2s1.[N-]=[N+]=[N-].[Na+]. The molecule has 0 aliphatic heterocycles. The summed E-state index contributed by atoms with van der Waals surface area (Å²) in [6.45, 7) is 12.1. The van der Waals surface area contributed by atoms with Gasteiger partial charge in [0.2, 0.25) is 9.23 Å². The van der Waals surface area contributed by atoms with Crippen molar-refractivity contribution in [1.29, 1.82) is 0 Å². The van der Waals surface area contributed by atoms with E-state index in [1.54, 1.807) is 77.6 Å². The molecule has 7 aromatic heterocycles. The van der Waals surface area contributed by atoms with E-state index in [0.29, 0.717) is 72.5 Å². The number of aliphatic hydroxyl groups excluding tert-OH is 1. The van der Waals surface area contributed by atoms with Crippen molar-refractivity contribution >= 4 is 258 Å². The van der Waals surface area contributed by atoms with E-state index in [1.165, 1.54) is 187 Å².